The molecule has 1 aromatic rings. The van der Waals surface area contributed by atoms with Gasteiger partial charge in [-0.3, -0.25) is 4.99 Å². The van der Waals surface area contributed by atoms with Crippen molar-refractivity contribution in [2.75, 3.05) is 7.11 Å². The molecule has 1 atom stereocenters. The van der Waals surface area contributed by atoms with Gasteiger partial charge >= 0.3 is 5.97 Å². The van der Waals surface area contributed by atoms with E-state index >= 15 is 0 Å². The van der Waals surface area contributed by atoms with Crippen molar-refractivity contribution in [2.24, 2.45) is 4.99 Å². The molecular formula is C11H12ClNO2. The number of benzene rings is 1. The van der Waals surface area contributed by atoms with Crippen LogP contribution in [0, 0.1) is 0 Å². The lowest BCUT2D eigenvalue weighted by Gasteiger charge is -2.02. The number of rotatable bonds is 3. The SMILES string of the molecule is COC(=O)C(C)N=Cc1cccc(Cl)c1. The molecule has 0 aliphatic rings. The molecule has 0 aliphatic heterocycles. The molecule has 0 heterocycles. The van der Waals surface area contributed by atoms with Crippen molar-refractivity contribution in [2.45, 2.75) is 13.0 Å². The summed E-state index contributed by atoms with van der Waals surface area (Å²) in [7, 11) is 1.34. The highest BCUT2D eigenvalue weighted by molar-refractivity contribution is 6.30. The van der Waals surface area contributed by atoms with E-state index in [0.29, 0.717) is 5.02 Å². The van der Waals surface area contributed by atoms with Gasteiger partial charge in [0, 0.05) is 11.2 Å². The van der Waals surface area contributed by atoms with E-state index in [2.05, 4.69) is 9.73 Å². The minimum atomic E-state index is -0.492. The number of nitrogens with zero attached hydrogens (tertiary/aromatic N) is 1. The number of carbonyl (C=O) groups excluding carboxylic acids is 1. The zero-order valence-electron chi connectivity index (χ0n) is 8.61. The summed E-state index contributed by atoms with van der Waals surface area (Å²) >= 11 is 5.80. The Hall–Kier alpha value is -1.35. The van der Waals surface area contributed by atoms with Crippen molar-refractivity contribution in [1.82, 2.24) is 0 Å². The predicted octanol–water partition coefficient (Wildman–Crippen LogP) is 2.32. The summed E-state index contributed by atoms with van der Waals surface area (Å²) in [5.74, 6) is -0.353. The predicted molar refractivity (Wildman–Crippen MR) is 60.5 cm³/mol. The maximum Gasteiger partial charge on any atom is 0.330 e. The minimum absolute atomic E-state index is 0.353. The first-order valence-corrected chi connectivity index (χ1v) is 4.88. The van der Waals surface area contributed by atoms with Gasteiger partial charge in [-0.15, -0.1) is 0 Å². The molecule has 1 rings (SSSR count). The molecule has 4 heteroatoms. The zero-order valence-corrected chi connectivity index (χ0v) is 9.36. The van der Waals surface area contributed by atoms with Gasteiger partial charge < -0.3 is 4.74 Å². The Morgan fingerprint density at radius 3 is 2.93 bits per heavy atom. The Labute approximate surface area is 93.7 Å². The van der Waals surface area contributed by atoms with Gasteiger partial charge in [0.1, 0.15) is 6.04 Å². The maximum atomic E-state index is 11.0. The molecule has 0 fully saturated rings. The van der Waals surface area contributed by atoms with Crippen LogP contribution in [0.15, 0.2) is 29.3 Å². The molecule has 0 aromatic heterocycles. The Bertz CT molecular complexity index is 377. The van der Waals surface area contributed by atoms with Crippen LogP contribution in [-0.2, 0) is 9.53 Å². The summed E-state index contributed by atoms with van der Waals surface area (Å²) in [6.45, 7) is 1.67. The third-order valence-corrected chi connectivity index (χ3v) is 2.07. The summed E-state index contributed by atoms with van der Waals surface area (Å²) in [5, 5.41) is 0.643. The quantitative estimate of drug-likeness (QED) is 0.585. The Kier molecular flexibility index (Phi) is 4.31. The zero-order chi connectivity index (χ0) is 11.3. The summed E-state index contributed by atoms with van der Waals surface area (Å²) in [6, 6.07) is 6.75. The number of ether oxygens (including phenoxy) is 1. The lowest BCUT2D eigenvalue weighted by Crippen LogP contribution is -2.16. The van der Waals surface area contributed by atoms with Crippen LogP contribution in [0.5, 0.6) is 0 Å². The molecule has 0 amide bonds. The number of hydrogen-bond acceptors (Lipinski definition) is 3. The molecular weight excluding hydrogens is 214 g/mol. The van der Waals surface area contributed by atoms with Crippen molar-refractivity contribution >= 4 is 23.8 Å². The van der Waals surface area contributed by atoms with E-state index in [1.54, 1.807) is 25.3 Å². The molecule has 0 bridgehead atoms. The molecule has 0 N–H and O–H groups in total. The number of carbonyl (C=O) groups is 1. The summed E-state index contributed by atoms with van der Waals surface area (Å²) < 4.78 is 4.55. The summed E-state index contributed by atoms with van der Waals surface area (Å²) in [6.07, 6.45) is 1.60. The molecule has 15 heavy (non-hydrogen) atoms. The van der Waals surface area contributed by atoms with Gasteiger partial charge in [-0.1, -0.05) is 23.7 Å². The van der Waals surface area contributed by atoms with E-state index < -0.39 is 6.04 Å². The van der Waals surface area contributed by atoms with E-state index in [9.17, 15) is 4.79 Å². The van der Waals surface area contributed by atoms with Crippen molar-refractivity contribution < 1.29 is 9.53 Å². The molecule has 80 valence electrons. The maximum absolute atomic E-state index is 11.0. The largest absolute Gasteiger partial charge is 0.467 e. The molecule has 0 saturated carbocycles. The monoisotopic (exact) mass is 225 g/mol. The fraction of sp³-hybridized carbons (Fsp3) is 0.273. The molecule has 1 unspecified atom stereocenters. The average Bonchev–Trinajstić information content (AvgIpc) is 2.25. The first-order valence-electron chi connectivity index (χ1n) is 4.50. The normalized spacial score (nSPS) is 12.7. The van der Waals surface area contributed by atoms with Crippen LogP contribution >= 0.6 is 11.6 Å². The summed E-state index contributed by atoms with van der Waals surface area (Å²) in [5.41, 5.74) is 0.859. The minimum Gasteiger partial charge on any atom is -0.467 e. The van der Waals surface area contributed by atoms with E-state index in [1.807, 2.05) is 12.1 Å². The van der Waals surface area contributed by atoms with E-state index in [4.69, 9.17) is 11.6 Å². The lowest BCUT2D eigenvalue weighted by molar-refractivity contribution is -0.141. The van der Waals surface area contributed by atoms with E-state index in [1.165, 1.54) is 7.11 Å². The second kappa shape index (κ2) is 5.51. The highest BCUT2D eigenvalue weighted by Crippen LogP contribution is 2.09. The van der Waals surface area contributed by atoms with Crippen LogP contribution in [-0.4, -0.2) is 25.3 Å². The van der Waals surface area contributed by atoms with Crippen LogP contribution in [0.1, 0.15) is 12.5 Å². The first-order chi connectivity index (χ1) is 7.13. The van der Waals surface area contributed by atoms with Gasteiger partial charge in [0.25, 0.3) is 0 Å². The van der Waals surface area contributed by atoms with Crippen LogP contribution < -0.4 is 0 Å². The lowest BCUT2D eigenvalue weighted by atomic mass is 10.2. The van der Waals surface area contributed by atoms with Crippen molar-refractivity contribution in [3.8, 4) is 0 Å². The average molecular weight is 226 g/mol. The van der Waals surface area contributed by atoms with Crippen LogP contribution in [0.3, 0.4) is 0 Å². The molecule has 0 aliphatic carbocycles. The van der Waals surface area contributed by atoms with Crippen LogP contribution in [0.4, 0.5) is 0 Å². The number of aliphatic imine (C=N–C) groups is 1. The number of hydrogen-bond donors (Lipinski definition) is 0. The van der Waals surface area contributed by atoms with Crippen molar-refractivity contribution in [1.29, 1.82) is 0 Å². The van der Waals surface area contributed by atoms with E-state index in [0.717, 1.165) is 5.56 Å². The fourth-order valence-corrected chi connectivity index (χ4v) is 1.21. The standard InChI is InChI=1S/C11H12ClNO2/c1-8(11(14)15-2)13-7-9-4-3-5-10(12)6-9/h3-8H,1-2H3. The summed E-state index contributed by atoms with van der Waals surface area (Å²) in [4.78, 5) is 15.1. The number of esters is 1. The fourth-order valence-electron chi connectivity index (χ4n) is 1.02. The number of halogens is 1. The topological polar surface area (TPSA) is 38.7 Å². The molecule has 0 radical (unpaired) electrons. The Morgan fingerprint density at radius 2 is 2.33 bits per heavy atom. The van der Waals surface area contributed by atoms with Gasteiger partial charge in [-0.2, -0.15) is 0 Å². The highest BCUT2D eigenvalue weighted by Gasteiger charge is 2.09. The third kappa shape index (κ3) is 3.72. The van der Waals surface area contributed by atoms with Crippen molar-refractivity contribution in [3.63, 3.8) is 0 Å². The van der Waals surface area contributed by atoms with Crippen LogP contribution in [0.2, 0.25) is 5.02 Å². The Morgan fingerprint density at radius 1 is 1.60 bits per heavy atom. The molecule has 0 spiro atoms. The van der Waals surface area contributed by atoms with Crippen LogP contribution in [0.25, 0.3) is 0 Å². The number of methoxy groups -OCH3 is 1. The smallest absolute Gasteiger partial charge is 0.330 e. The van der Waals surface area contributed by atoms with Gasteiger partial charge in [-0.05, 0) is 24.6 Å². The van der Waals surface area contributed by atoms with E-state index in [-0.39, 0.29) is 5.97 Å². The second-order valence-corrected chi connectivity index (χ2v) is 3.47. The first kappa shape index (κ1) is 11.7. The molecule has 3 nitrogen and oxygen atoms in total. The second-order valence-electron chi connectivity index (χ2n) is 3.03. The molecule has 0 saturated heterocycles. The van der Waals surface area contributed by atoms with Crippen molar-refractivity contribution in [3.05, 3.63) is 34.9 Å². The van der Waals surface area contributed by atoms with Gasteiger partial charge in [-0.25, -0.2) is 4.79 Å². The van der Waals surface area contributed by atoms with Gasteiger partial charge in [0.05, 0.1) is 7.11 Å². The van der Waals surface area contributed by atoms with Gasteiger partial charge in [0.2, 0.25) is 0 Å². The van der Waals surface area contributed by atoms with Gasteiger partial charge in [0.15, 0.2) is 0 Å². The third-order valence-electron chi connectivity index (χ3n) is 1.84. The molecule has 1 aromatic carbocycles. The Balaban J connectivity index is 2.69. The highest BCUT2D eigenvalue weighted by atomic mass is 35.5.